The number of carbonyl (C=O) groups excluding carboxylic acids is 1. The highest BCUT2D eigenvalue weighted by Crippen LogP contribution is 2.22. The molecule has 1 unspecified atom stereocenters. The average Bonchev–Trinajstić information content (AvgIpc) is 2.67. The van der Waals surface area contributed by atoms with Crippen LogP contribution in [0.25, 0.3) is 0 Å². The number of rotatable bonds is 6. The van der Waals surface area contributed by atoms with Crippen LogP contribution in [0.2, 0.25) is 0 Å². The van der Waals surface area contributed by atoms with Gasteiger partial charge in [-0.05, 0) is 37.8 Å². The fourth-order valence-electron chi connectivity index (χ4n) is 3.08. The van der Waals surface area contributed by atoms with E-state index < -0.39 is 0 Å². The highest BCUT2D eigenvalue weighted by molar-refractivity contribution is 5.94. The Morgan fingerprint density at radius 2 is 2.16 bits per heavy atom. The predicted octanol–water partition coefficient (Wildman–Crippen LogP) is 2.52. The molecule has 25 heavy (non-hydrogen) atoms. The number of hydrogen-bond acceptors (Lipinski definition) is 5. The van der Waals surface area contributed by atoms with Gasteiger partial charge in [0.2, 0.25) is 5.88 Å². The third kappa shape index (κ3) is 4.68. The smallest absolute Gasteiger partial charge is 0.251 e. The van der Waals surface area contributed by atoms with E-state index >= 15 is 0 Å². The van der Waals surface area contributed by atoms with Gasteiger partial charge in [0.1, 0.15) is 0 Å². The maximum absolute atomic E-state index is 12.2. The van der Waals surface area contributed by atoms with Gasteiger partial charge in [-0.25, -0.2) is 0 Å². The van der Waals surface area contributed by atoms with Crippen molar-refractivity contribution < 1.29 is 9.53 Å². The van der Waals surface area contributed by atoms with Crippen molar-refractivity contribution in [2.24, 2.45) is 5.92 Å². The van der Waals surface area contributed by atoms with Gasteiger partial charge in [-0.2, -0.15) is 4.98 Å². The number of hydrogen-bond donors (Lipinski definition) is 1. The van der Waals surface area contributed by atoms with E-state index in [2.05, 4.69) is 20.2 Å². The Bertz CT molecular complexity index is 693. The third-order valence-electron chi connectivity index (χ3n) is 4.32. The topological polar surface area (TPSA) is 67.3 Å². The summed E-state index contributed by atoms with van der Waals surface area (Å²) in [6, 6.07) is 9.32. The van der Waals surface area contributed by atoms with Crippen molar-refractivity contribution in [1.82, 2.24) is 15.3 Å². The molecule has 0 aliphatic carbocycles. The lowest BCUT2D eigenvalue weighted by Gasteiger charge is -2.33. The first kappa shape index (κ1) is 17.2. The summed E-state index contributed by atoms with van der Waals surface area (Å²) >= 11 is 0. The minimum atomic E-state index is -0.0177. The van der Waals surface area contributed by atoms with Crippen LogP contribution in [-0.4, -0.2) is 42.1 Å². The van der Waals surface area contributed by atoms with Gasteiger partial charge in [0.05, 0.1) is 19.0 Å². The highest BCUT2D eigenvalue weighted by atomic mass is 16.5. The van der Waals surface area contributed by atoms with Crippen molar-refractivity contribution in [3.05, 3.63) is 48.3 Å². The maximum Gasteiger partial charge on any atom is 0.251 e. The SMILES string of the molecule is CCOc1cncc(N2CCCC(CNC(=O)c3ccccc3)C2)n1. The number of nitrogens with one attached hydrogen (secondary N) is 1. The summed E-state index contributed by atoms with van der Waals surface area (Å²) in [5, 5.41) is 3.05. The van der Waals surface area contributed by atoms with E-state index in [4.69, 9.17) is 4.74 Å². The lowest BCUT2D eigenvalue weighted by molar-refractivity contribution is 0.0945. The summed E-state index contributed by atoms with van der Waals surface area (Å²) < 4.78 is 5.43. The number of anilines is 1. The molecule has 0 radical (unpaired) electrons. The van der Waals surface area contributed by atoms with Crippen molar-refractivity contribution in [2.75, 3.05) is 31.1 Å². The monoisotopic (exact) mass is 340 g/mol. The molecule has 6 heteroatoms. The van der Waals surface area contributed by atoms with Crippen molar-refractivity contribution in [1.29, 1.82) is 0 Å². The van der Waals surface area contributed by atoms with E-state index in [9.17, 15) is 4.79 Å². The van der Waals surface area contributed by atoms with Gasteiger partial charge in [0, 0.05) is 25.2 Å². The molecule has 3 rings (SSSR count). The molecule has 1 amide bonds. The highest BCUT2D eigenvalue weighted by Gasteiger charge is 2.22. The molecule has 0 saturated carbocycles. The second kappa shape index (κ2) is 8.46. The number of carbonyl (C=O) groups is 1. The van der Waals surface area contributed by atoms with Crippen LogP contribution in [0, 0.1) is 5.92 Å². The summed E-state index contributed by atoms with van der Waals surface area (Å²) in [4.78, 5) is 23.1. The molecule has 0 bridgehead atoms. The second-order valence-electron chi connectivity index (χ2n) is 6.18. The van der Waals surface area contributed by atoms with Crippen LogP contribution < -0.4 is 15.0 Å². The zero-order valence-electron chi connectivity index (χ0n) is 14.5. The fourth-order valence-corrected chi connectivity index (χ4v) is 3.08. The van der Waals surface area contributed by atoms with Crippen molar-refractivity contribution in [3.8, 4) is 5.88 Å². The molecule has 1 N–H and O–H groups in total. The molecule has 1 aromatic heterocycles. The molecule has 1 aromatic carbocycles. The van der Waals surface area contributed by atoms with E-state index in [0.29, 0.717) is 30.5 Å². The van der Waals surface area contributed by atoms with Gasteiger partial charge in [-0.15, -0.1) is 0 Å². The van der Waals surface area contributed by atoms with E-state index in [1.807, 2.05) is 37.3 Å². The summed E-state index contributed by atoms with van der Waals surface area (Å²) in [6.07, 6.45) is 5.58. The summed E-state index contributed by atoms with van der Waals surface area (Å²) in [6.45, 7) is 4.99. The number of amides is 1. The third-order valence-corrected chi connectivity index (χ3v) is 4.32. The summed E-state index contributed by atoms with van der Waals surface area (Å²) in [7, 11) is 0. The van der Waals surface area contributed by atoms with Crippen LogP contribution in [0.5, 0.6) is 5.88 Å². The number of piperidine rings is 1. The molecule has 1 atom stereocenters. The molecule has 1 aliphatic rings. The molecular formula is C19H24N4O2. The van der Waals surface area contributed by atoms with Gasteiger partial charge >= 0.3 is 0 Å². The first-order valence-electron chi connectivity index (χ1n) is 8.79. The molecule has 1 fully saturated rings. The van der Waals surface area contributed by atoms with Crippen LogP contribution in [0.15, 0.2) is 42.7 Å². The van der Waals surface area contributed by atoms with Crippen molar-refractivity contribution in [2.45, 2.75) is 19.8 Å². The van der Waals surface area contributed by atoms with Crippen molar-refractivity contribution >= 4 is 11.7 Å². The summed E-state index contributed by atoms with van der Waals surface area (Å²) in [5.74, 6) is 1.78. The van der Waals surface area contributed by atoms with Crippen LogP contribution in [0.1, 0.15) is 30.1 Å². The second-order valence-corrected chi connectivity index (χ2v) is 6.18. The molecule has 1 aliphatic heterocycles. The first-order valence-corrected chi connectivity index (χ1v) is 8.79. The molecule has 2 heterocycles. The van der Waals surface area contributed by atoms with E-state index in [-0.39, 0.29) is 5.91 Å². The quantitative estimate of drug-likeness (QED) is 0.875. The number of nitrogens with zero attached hydrogens (tertiary/aromatic N) is 3. The minimum Gasteiger partial charge on any atom is -0.477 e. The predicted molar refractivity (Wildman–Crippen MR) is 96.9 cm³/mol. The lowest BCUT2D eigenvalue weighted by Crippen LogP contribution is -2.41. The Morgan fingerprint density at radius 3 is 2.96 bits per heavy atom. The standard InChI is InChI=1S/C19H24N4O2/c1-2-25-18-13-20-12-17(22-18)23-10-6-7-15(14-23)11-21-19(24)16-8-4-3-5-9-16/h3-5,8-9,12-13,15H,2,6-7,10-11,14H2,1H3,(H,21,24). The number of ether oxygens (including phenoxy) is 1. The Morgan fingerprint density at radius 1 is 1.32 bits per heavy atom. The van der Waals surface area contributed by atoms with Gasteiger partial charge in [-0.3, -0.25) is 9.78 Å². The lowest BCUT2D eigenvalue weighted by atomic mass is 9.98. The van der Waals surface area contributed by atoms with E-state index in [0.717, 1.165) is 31.7 Å². The Hall–Kier alpha value is -2.63. The average molecular weight is 340 g/mol. The first-order chi connectivity index (χ1) is 12.3. The maximum atomic E-state index is 12.2. The molecule has 0 spiro atoms. The largest absolute Gasteiger partial charge is 0.477 e. The zero-order valence-corrected chi connectivity index (χ0v) is 14.5. The Kier molecular flexibility index (Phi) is 5.82. The van der Waals surface area contributed by atoms with E-state index in [1.165, 1.54) is 0 Å². The molecule has 2 aromatic rings. The molecule has 1 saturated heterocycles. The molecular weight excluding hydrogens is 316 g/mol. The van der Waals surface area contributed by atoms with Gasteiger partial charge < -0.3 is 15.0 Å². The van der Waals surface area contributed by atoms with E-state index in [1.54, 1.807) is 12.4 Å². The number of benzene rings is 1. The Labute approximate surface area is 148 Å². The van der Waals surface area contributed by atoms with Crippen LogP contribution >= 0.6 is 0 Å². The summed E-state index contributed by atoms with van der Waals surface area (Å²) in [5.41, 5.74) is 0.699. The molecule has 132 valence electrons. The fraction of sp³-hybridized carbons (Fsp3) is 0.421. The van der Waals surface area contributed by atoms with Crippen LogP contribution in [0.4, 0.5) is 5.82 Å². The minimum absolute atomic E-state index is 0.0177. The zero-order chi connectivity index (χ0) is 17.5. The van der Waals surface area contributed by atoms with Crippen molar-refractivity contribution in [3.63, 3.8) is 0 Å². The number of aromatic nitrogens is 2. The molecule has 6 nitrogen and oxygen atoms in total. The van der Waals surface area contributed by atoms with Gasteiger partial charge in [0.25, 0.3) is 5.91 Å². The normalized spacial score (nSPS) is 17.2. The van der Waals surface area contributed by atoms with Gasteiger partial charge in [-0.1, -0.05) is 18.2 Å². The Balaban J connectivity index is 1.56. The van der Waals surface area contributed by atoms with Crippen LogP contribution in [0.3, 0.4) is 0 Å². The van der Waals surface area contributed by atoms with Gasteiger partial charge in [0.15, 0.2) is 5.82 Å². The van der Waals surface area contributed by atoms with Crippen LogP contribution in [-0.2, 0) is 0 Å².